The molecule has 17 heavy (non-hydrogen) atoms. The standard InChI is InChI=1S/C14H22BrNO/c1-3-4-10-17-11-9-16-12(2)13-7-5-6-8-14(13)15/h5-8,12,16H,3-4,9-11H2,1-2H3/t12-/m0/s1. The van der Waals surface area contributed by atoms with E-state index >= 15 is 0 Å². The van der Waals surface area contributed by atoms with E-state index in [9.17, 15) is 0 Å². The minimum atomic E-state index is 0.348. The molecule has 0 aliphatic heterocycles. The predicted octanol–water partition coefficient (Wildman–Crippen LogP) is 3.92. The molecule has 1 rings (SSSR count). The Morgan fingerprint density at radius 2 is 2.06 bits per heavy atom. The Labute approximate surface area is 113 Å². The molecule has 1 N–H and O–H groups in total. The lowest BCUT2D eigenvalue weighted by atomic mass is 10.1. The summed E-state index contributed by atoms with van der Waals surface area (Å²) in [5.74, 6) is 0. The summed E-state index contributed by atoms with van der Waals surface area (Å²) in [5, 5.41) is 3.46. The molecule has 0 fully saturated rings. The molecular formula is C14H22BrNO. The predicted molar refractivity (Wildman–Crippen MR) is 76.3 cm³/mol. The van der Waals surface area contributed by atoms with Gasteiger partial charge in [-0.15, -0.1) is 0 Å². The number of hydrogen-bond donors (Lipinski definition) is 1. The summed E-state index contributed by atoms with van der Waals surface area (Å²) in [7, 11) is 0. The van der Waals surface area contributed by atoms with Gasteiger partial charge in [-0.2, -0.15) is 0 Å². The number of halogens is 1. The number of rotatable bonds is 8. The number of ether oxygens (including phenoxy) is 1. The SMILES string of the molecule is CCCCOCCN[C@@H](C)c1ccccc1Br. The Hall–Kier alpha value is -0.380. The Kier molecular flexibility index (Phi) is 7.49. The van der Waals surface area contributed by atoms with Gasteiger partial charge in [-0.3, -0.25) is 0 Å². The Bertz CT molecular complexity index is 317. The van der Waals surface area contributed by atoms with Crippen molar-refractivity contribution in [2.75, 3.05) is 19.8 Å². The minimum absolute atomic E-state index is 0.348. The first kappa shape index (κ1) is 14.7. The van der Waals surface area contributed by atoms with E-state index in [0.717, 1.165) is 30.7 Å². The second kappa shape index (κ2) is 8.67. The van der Waals surface area contributed by atoms with Crippen molar-refractivity contribution in [1.82, 2.24) is 5.32 Å². The normalized spacial score (nSPS) is 12.6. The van der Waals surface area contributed by atoms with Gasteiger partial charge in [0, 0.05) is 23.7 Å². The molecule has 0 bridgehead atoms. The van der Waals surface area contributed by atoms with Crippen LogP contribution in [-0.2, 0) is 4.74 Å². The molecule has 0 aromatic heterocycles. The van der Waals surface area contributed by atoms with Crippen LogP contribution in [0.25, 0.3) is 0 Å². The first-order valence-electron chi connectivity index (χ1n) is 6.31. The molecule has 0 aliphatic rings. The quantitative estimate of drug-likeness (QED) is 0.735. The monoisotopic (exact) mass is 299 g/mol. The highest BCUT2D eigenvalue weighted by Crippen LogP contribution is 2.22. The van der Waals surface area contributed by atoms with Gasteiger partial charge in [0.15, 0.2) is 0 Å². The van der Waals surface area contributed by atoms with Crippen LogP contribution in [0, 0.1) is 0 Å². The third-order valence-corrected chi connectivity index (χ3v) is 3.43. The Morgan fingerprint density at radius 1 is 1.29 bits per heavy atom. The number of benzene rings is 1. The van der Waals surface area contributed by atoms with E-state index < -0.39 is 0 Å². The third kappa shape index (κ3) is 5.66. The van der Waals surface area contributed by atoms with Gasteiger partial charge in [-0.25, -0.2) is 0 Å². The van der Waals surface area contributed by atoms with Crippen LogP contribution in [0.5, 0.6) is 0 Å². The molecule has 0 heterocycles. The minimum Gasteiger partial charge on any atom is -0.380 e. The molecule has 0 unspecified atom stereocenters. The topological polar surface area (TPSA) is 21.3 Å². The van der Waals surface area contributed by atoms with Crippen LogP contribution >= 0.6 is 15.9 Å². The van der Waals surface area contributed by atoms with Crippen LogP contribution in [0.3, 0.4) is 0 Å². The zero-order chi connectivity index (χ0) is 12.5. The van der Waals surface area contributed by atoms with Crippen molar-refractivity contribution in [2.45, 2.75) is 32.7 Å². The number of hydrogen-bond acceptors (Lipinski definition) is 2. The second-order valence-corrected chi connectivity index (χ2v) is 5.02. The van der Waals surface area contributed by atoms with Crippen LogP contribution in [-0.4, -0.2) is 19.8 Å². The maximum atomic E-state index is 5.52. The van der Waals surface area contributed by atoms with E-state index in [1.54, 1.807) is 0 Å². The third-order valence-electron chi connectivity index (χ3n) is 2.71. The van der Waals surface area contributed by atoms with Gasteiger partial charge in [0.05, 0.1) is 6.61 Å². The summed E-state index contributed by atoms with van der Waals surface area (Å²) < 4.78 is 6.68. The molecule has 0 radical (unpaired) electrons. The van der Waals surface area contributed by atoms with Crippen molar-refractivity contribution >= 4 is 15.9 Å². The van der Waals surface area contributed by atoms with Gasteiger partial charge >= 0.3 is 0 Å². The van der Waals surface area contributed by atoms with Gasteiger partial charge in [-0.1, -0.05) is 47.5 Å². The molecule has 96 valence electrons. The fourth-order valence-electron chi connectivity index (χ4n) is 1.63. The van der Waals surface area contributed by atoms with Crippen molar-refractivity contribution < 1.29 is 4.74 Å². The van der Waals surface area contributed by atoms with Crippen LogP contribution in [0.4, 0.5) is 0 Å². The highest BCUT2D eigenvalue weighted by atomic mass is 79.9. The molecule has 1 aromatic carbocycles. The lowest BCUT2D eigenvalue weighted by Gasteiger charge is -2.15. The molecule has 0 spiro atoms. The zero-order valence-corrected chi connectivity index (χ0v) is 12.3. The van der Waals surface area contributed by atoms with Gasteiger partial charge in [-0.05, 0) is 25.0 Å². The second-order valence-electron chi connectivity index (χ2n) is 4.16. The number of unbranched alkanes of at least 4 members (excludes halogenated alkanes) is 1. The molecule has 1 atom stereocenters. The summed E-state index contributed by atoms with van der Waals surface area (Å²) in [6, 6.07) is 8.66. The summed E-state index contributed by atoms with van der Waals surface area (Å²) in [5.41, 5.74) is 1.29. The van der Waals surface area contributed by atoms with Crippen LogP contribution in [0.1, 0.15) is 38.3 Å². The summed E-state index contributed by atoms with van der Waals surface area (Å²) in [4.78, 5) is 0. The summed E-state index contributed by atoms with van der Waals surface area (Å²) in [6.07, 6.45) is 2.35. The molecule has 1 aromatic rings. The van der Waals surface area contributed by atoms with E-state index in [-0.39, 0.29) is 0 Å². The van der Waals surface area contributed by atoms with E-state index in [0.29, 0.717) is 6.04 Å². The van der Waals surface area contributed by atoms with Crippen LogP contribution < -0.4 is 5.32 Å². The van der Waals surface area contributed by atoms with Crippen molar-refractivity contribution in [3.05, 3.63) is 34.3 Å². The summed E-state index contributed by atoms with van der Waals surface area (Å²) >= 11 is 3.57. The van der Waals surface area contributed by atoms with E-state index in [2.05, 4.69) is 53.3 Å². The average molecular weight is 300 g/mol. The van der Waals surface area contributed by atoms with E-state index in [1.165, 1.54) is 12.0 Å². The maximum Gasteiger partial charge on any atom is 0.0591 e. The molecule has 0 saturated carbocycles. The fraction of sp³-hybridized carbons (Fsp3) is 0.571. The van der Waals surface area contributed by atoms with Gasteiger partial charge in [0.2, 0.25) is 0 Å². The average Bonchev–Trinajstić information content (AvgIpc) is 2.34. The van der Waals surface area contributed by atoms with Crippen molar-refractivity contribution in [3.63, 3.8) is 0 Å². The molecule has 2 nitrogen and oxygen atoms in total. The van der Waals surface area contributed by atoms with Crippen molar-refractivity contribution in [3.8, 4) is 0 Å². The van der Waals surface area contributed by atoms with Crippen molar-refractivity contribution in [2.24, 2.45) is 0 Å². The van der Waals surface area contributed by atoms with Gasteiger partial charge in [0.1, 0.15) is 0 Å². The molecule has 0 aliphatic carbocycles. The highest BCUT2D eigenvalue weighted by Gasteiger charge is 2.07. The Morgan fingerprint density at radius 3 is 2.76 bits per heavy atom. The molecular weight excluding hydrogens is 278 g/mol. The largest absolute Gasteiger partial charge is 0.380 e. The zero-order valence-electron chi connectivity index (χ0n) is 10.7. The van der Waals surface area contributed by atoms with E-state index in [4.69, 9.17) is 4.74 Å². The first-order valence-corrected chi connectivity index (χ1v) is 7.10. The van der Waals surface area contributed by atoms with E-state index in [1.807, 2.05) is 6.07 Å². The van der Waals surface area contributed by atoms with Crippen molar-refractivity contribution in [1.29, 1.82) is 0 Å². The number of nitrogens with one attached hydrogen (secondary N) is 1. The molecule has 0 amide bonds. The smallest absolute Gasteiger partial charge is 0.0591 e. The fourth-order valence-corrected chi connectivity index (χ4v) is 2.26. The van der Waals surface area contributed by atoms with Crippen LogP contribution in [0.2, 0.25) is 0 Å². The maximum absolute atomic E-state index is 5.52. The summed E-state index contributed by atoms with van der Waals surface area (Å²) in [6.45, 7) is 6.91. The van der Waals surface area contributed by atoms with Crippen LogP contribution in [0.15, 0.2) is 28.7 Å². The molecule has 3 heteroatoms. The first-order chi connectivity index (χ1) is 8.25. The highest BCUT2D eigenvalue weighted by molar-refractivity contribution is 9.10. The van der Waals surface area contributed by atoms with Gasteiger partial charge in [0.25, 0.3) is 0 Å². The Balaban J connectivity index is 2.21. The van der Waals surface area contributed by atoms with Gasteiger partial charge < -0.3 is 10.1 Å². The lowest BCUT2D eigenvalue weighted by Crippen LogP contribution is -2.23. The lowest BCUT2D eigenvalue weighted by molar-refractivity contribution is 0.131. The molecule has 0 saturated heterocycles.